The number of rotatable bonds is 5. The Hall–Kier alpha value is -1.92. The molecule has 0 radical (unpaired) electrons. The van der Waals surface area contributed by atoms with E-state index in [-0.39, 0.29) is 0 Å². The van der Waals surface area contributed by atoms with E-state index < -0.39 is 24.5 Å². The SMILES string of the molecule is NCc1ccc(C(=O)NC(CO)C(N)=O)cc1. The molecule has 0 aliphatic heterocycles. The summed E-state index contributed by atoms with van der Waals surface area (Å²) in [6.07, 6.45) is 0. The summed E-state index contributed by atoms with van der Waals surface area (Å²) >= 11 is 0. The van der Waals surface area contributed by atoms with Gasteiger partial charge in [0.05, 0.1) is 6.61 Å². The van der Waals surface area contributed by atoms with Crippen LogP contribution in [0.25, 0.3) is 0 Å². The Balaban J connectivity index is 2.72. The molecule has 2 amide bonds. The highest BCUT2D eigenvalue weighted by atomic mass is 16.3. The maximum absolute atomic E-state index is 11.7. The number of nitrogens with two attached hydrogens (primary N) is 2. The Bertz CT molecular complexity index is 403. The molecule has 92 valence electrons. The van der Waals surface area contributed by atoms with Gasteiger partial charge in [-0.25, -0.2) is 0 Å². The van der Waals surface area contributed by atoms with E-state index in [2.05, 4.69) is 5.32 Å². The van der Waals surface area contributed by atoms with E-state index in [9.17, 15) is 9.59 Å². The number of benzene rings is 1. The lowest BCUT2D eigenvalue weighted by atomic mass is 10.1. The number of carbonyl (C=O) groups is 2. The third kappa shape index (κ3) is 3.54. The Morgan fingerprint density at radius 3 is 2.29 bits per heavy atom. The van der Waals surface area contributed by atoms with Crippen LogP contribution in [0.2, 0.25) is 0 Å². The minimum atomic E-state index is -1.07. The predicted octanol–water partition coefficient (Wildman–Crippen LogP) is -1.28. The number of carbonyl (C=O) groups excluding carboxylic acids is 2. The number of hydrogen-bond donors (Lipinski definition) is 4. The monoisotopic (exact) mass is 237 g/mol. The van der Waals surface area contributed by atoms with Crippen LogP contribution in [-0.2, 0) is 11.3 Å². The van der Waals surface area contributed by atoms with Crippen molar-refractivity contribution in [2.24, 2.45) is 11.5 Å². The fourth-order valence-electron chi connectivity index (χ4n) is 1.24. The molecule has 0 aliphatic rings. The number of primary amides is 1. The van der Waals surface area contributed by atoms with Crippen LogP contribution < -0.4 is 16.8 Å². The Morgan fingerprint density at radius 2 is 1.88 bits per heavy atom. The van der Waals surface area contributed by atoms with Gasteiger partial charge in [-0.3, -0.25) is 9.59 Å². The van der Waals surface area contributed by atoms with Crippen LogP contribution >= 0.6 is 0 Å². The third-order valence-electron chi connectivity index (χ3n) is 2.28. The molecule has 0 heterocycles. The van der Waals surface area contributed by atoms with Crippen LogP contribution in [0.5, 0.6) is 0 Å². The smallest absolute Gasteiger partial charge is 0.251 e. The molecule has 6 heteroatoms. The van der Waals surface area contributed by atoms with Crippen molar-refractivity contribution >= 4 is 11.8 Å². The molecule has 0 fully saturated rings. The molecule has 6 nitrogen and oxygen atoms in total. The van der Waals surface area contributed by atoms with Crippen molar-refractivity contribution in [2.75, 3.05) is 6.61 Å². The normalized spacial score (nSPS) is 11.9. The molecular formula is C11H15N3O3. The first-order valence-electron chi connectivity index (χ1n) is 5.08. The van der Waals surface area contributed by atoms with E-state index in [0.29, 0.717) is 12.1 Å². The van der Waals surface area contributed by atoms with E-state index in [1.165, 1.54) is 0 Å². The van der Waals surface area contributed by atoms with Gasteiger partial charge in [-0.2, -0.15) is 0 Å². The van der Waals surface area contributed by atoms with Crippen LogP contribution in [0.1, 0.15) is 15.9 Å². The Labute approximate surface area is 98.6 Å². The minimum absolute atomic E-state index is 0.377. The number of aliphatic hydroxyl groups is 1. The van der Waals surface area contributed by atoms with Crippen molar-refractivity contribution in [1.29, 1.82) is 0 Å². The lowest BCUT2D eigenvalue weighted by Gasteiger charge is -2.12. The fourth-order valence-corrected chi connectivity index (χ4v) is 1.24. The zero-order chi connectivity index (χ0) is 12.8. The van der Waals surface area contributed by atoms with E-state index in [4.69, 9.17) is 16.6 Å². The molecule has 0 aliphatic carbocycles. The highest BCUT2D eigenvalue weighted by Crippen LogP contribution is 2.03. The molecule has 1 unspecified atom stereocenters. The minimum Gasteiger partial charge on any atom is -0.394 e. The molecule has 0 bridgehead atoms. The fraction of sp³-hybridized carbons (Fsp3) is 0.273. The molecule has 1 atom stereocenters. The third-order valence-corrected chi connectivity index (χ3v) is 2.28. The van der Waals surface area contributed by atoms with Crippen molar-refractivity contribution < 1.29 is 14.7 Å². The summed E-state index contributed by atoms with van der Waals surface area (Å²) in [5, 5.41) is 11.2. The summed E-state index contributed by atoms with van der Waals surface area (Å²) in [6, 6.07) is 5.54. The summed E-state index contributed by atoms with van der Waals surface area (Å²) in [5.74, 6) is -1.24. The Morgan fingerprint density at radius 1 is 1.29 bits per heavy atom. The first-order chi connectivity index (χ1) is 8.08. The molecule has 17 heavy (non-hydrogen) atoms. The second kappa shape index (κ2) is 5.97. The second-order valence-corrected chi connectivity index (χ2v) is 3.51. The first kappa shape index (κ1) is 13.1. The van der Waals surface area contributed by atoms with Crippen LogP contribution in [0.4, 0.5) is 0 Å². The largest absolute Gasteiger partial charge is 0.394 e. The topological polar surface area (TPSA) is 118 Å². The molecule has 0 saturated heterocycles. The number of amides is 2. The maximum Gasteiger partial charge on any atom is 0.251 e. The van der Waals surface area contributed by atoms with Gasteiger partial charge in [0.2, 0.25) is 5.91 Å². The van der Waals surface area contributed by atoms with Crippen molar-refractivity contribution in [3.63, 3.8) is 0 Å². The summed E-state index contributed by atoms with van der Waals surface area (Å²) in [5.41, 5.74) is 11.7. The summed E-state index contributed by atoms with van der Waals surface area (Å²) in [4.78, 5) is 22.5. The second-order valence-electron chi connectivity index (χ2n) is 3.51. The van der Waals surface area contributed by atoms with Crippen molar-refractivity contribution in [2.45, 2.75) is 12.6 Å². The highest BCUT2D eigenvalue weighted by Gasteiger charge is 2.17. The van der Waals surface area contributed by atoms with Gasteiger partial charge in [0, 0.05) is 12.1 Å². The lowest BCUT2D eigenvalue weighted by molar-refractivity contribution is -0.120. The number of hydrogen-bond acceptors (Lipinski definition) is 4. The standard InChI is InChI=1S/C11H15N3O3/c12-5-7-1-3-8(4-2-7)11(17)14-9(6-15)10(13)16/h1-4,9,15H,5-6,12H2,(H2,13,16)(H,14,17). The number of aliphatic hydroxyl groups excluding tert-OH is 1. The van der Waals surface area contributed by atoms with E-state index >= 15 is 0 Å². The van der Waals surface area contributed by atoms with Gasteiger partial charge < -0.3 is 21.9 Å². The highest BCUT2D eigenvalue weighted by molar-refractivity contribution is 5.97. The molecule has 1 rings (SSSR count). The van der Waals surface area contributed by atoms with Gasteiger partial charge in [-0.15, -0.1) is 0 Å². The summed E-state index contributed by atoms with van der Waals surface area (Å²) < 4.78 is 0. The van der Waals surface area contributed by atoms with E-state index in [1.54, 1.807) is 24.3 Å². The average Bonchev–Trinajstić information content (AvgIpc) is 2.35. The first-order valence-corrected chi connectivity index (χ1v) is 5.08. The maximum atomic E-state index is 11.7. The van der Waals surface area contributed by atoms with E-state index in [1.807, 2.05) is 0 Å². The van der Waals surface area contributed by atoms with Gasteiger partial charge >= 0.3 is 0 Å². The number of nitrogens with one attached hydrogen (secondary N) is 1. The predicted molar refractivity (Wildman–Crippen MR) is 61.9 cm³/mol. The molecule has 0 saturated carbocycles. The van der Waals surface area contributed by atoms with Gasteiger partial charge in [0.1, 0.15) is 6.04 Å². The quantitative estimate of drug-likeness (QED) is 0.510. The van der Waals surface area contributed by atoms with Gasteiger partial charge in [0.15, 0.2) is 0 Å². The molecule has 1 aromatic carbocycles. The van der Waals surface area contributed by atoms with Crippen molar-refractivity contribution in [3.8, 4) is 0 Å². The van der Waals surface area contributed by atoms with Crippen LogP contribution in [0, 0.1) is 0 Å². The molecular weight excluding hydrogens is 222 g/mol. The molecule has 6 N–H and O–H groups in total. The van der Waals surface area contributed by atoms with Gasteiger partial charge in [-0.05, 0) is 17.7 Å². The molecule has 1 aromatic rings. The van der Waals surface area contributed by atoms with Crippen LogP contribution in [0.15, 0.2) is 24.3 Å². The Kier molecular flexibility index (Phi) is 4.62. The van der Waals surface area contributed by atoms with Crippen LogP contribution in [0.3, 0.4) is 0 Å². The summed E-state index contributed by atoms with van der Waals surface area (Å²) in [7, 11) is 0. The summed E-state index contributed by atoms with van der Waals surface area (Å²) in [6.45, 7) is -0.135. The van der Waals surface area contributed by atoms with Crippen molar-refractivity contribution in [3.05, 3.63) is 35.4 Å². The van der Waals surface area contributed by atoms with Crippen molar-refractivity contribution in [1.82, 2.24) is 5.32 Å². The lowest BCUT2D eigenvalue weighted by Crippen LogP contribution is -2.46. The average molecular weight is 237 g/mol. The van der Waals surface area contributed by atoms with Crippen LogP contribution in [-0.4, -0.2) is 29.6 Å². The zero-order valence-electron chi connectivity index (χ0n) is 9.22. The zero-order valence-corrected chi connectivity index (χ0v) is 9.22. The van der Waals surface area contributed by atoms with E-state index in [0.717, 1.165) is 5.56 Å². The molecule has 0 spiro atoms. The van der Waals surface area contributed by atoms with Gasteiger partial charge in [-0.1, -0.05) is 12.1 Å². The molecule has 0 aromatic heterocycles. The van der Waals surface area contributed by atoms with Gasteiger partial charge in [0.25, 0.3) is 5.91 Å².